The molecule has 110 valence electrons. The van der Waals surface area contributed by atoms with Crippen LogP contribution in [-0.4, -0.2) is 54.9 Å². The first-order chi connectivity index (χ1) is 9.10. The molecule has 1 aliphatic heterocycles. The van der Waals surface area contributed by atoms with Crippen LogP contribution in [0.5, 0.6) is 0 Å². The van der Waals surface area contributed by atoms with Gasteiger partial charge in [0.25, 0.3) is 0 Å². The second-order valence-electron chi connectivity index (χ2n) is 6.65. The van der Waals surface area contributed by atoms with Gasteiger partial charge in [-0.2, -0.15) is 0 Å². The normalized spacial score (nSPS) is 31.1. The molecule has 0 bridgehead atoms. The smallest absolute Gasteiger partial charge is 0.137 e. The summed E-state index contributed by atoms with van der Waals surface area (Å²) in [6.07, 6.45) is 5.56. The van der Waals surface area contributed by atoms with Crippen LogP contribution in [0.15, 0.2) is 0 Å². The Morgan fingerprint density at radius 1 is 1.26 bits per heavy atom. The Morgan fingerprint density at radius 2 is 1.95 bits per heavy atom. The van der Waals surface area contributed by atoms with Crippen LogP contribution >= 0.6 is 0 Å². The van der Waals surface area contributed by atoms with Crippen LogP contribution in [0, 0.1) is 11.8 Å². The summed E-state index contributed by atoms with van der Waals surface area (Å²) in [5, 5.41) is 0. The number of hydrogen-bond donors (Lipinski definition) is 0. The number of hydrogen-bond acceptors (Lipinski definition) is 3. The van der Waals surface area contributed by atoms with Gasteiger partial charge in [-0.05, 0) is 58.3 Å². The van der Waals surface area contributed by atoms with E-state index in [1.165, 1.54) is 32.5 Å². The summed E-state index contributed by atoms with van der Waals surface area (Å²) in [6.45, 7) is 9.14. The zero-order valence-corrected chi connectivity index (χ0v) is 12.9. The van der Waals surface area contributed by atoms with Gasteiger partial charge in [-0.15, -0.1) is 0 Å². The number of Topliss-reactive ketones (excluding diaryl/α,β-unsaturated/α-hetero) is 1. The number of piperidine rings is 1. The van der Waals surface area contributed by atoms with Crippen molar-refractivity contribution in [2.24, 2.45) is 11.8 Å². The zero-order valence-electron chi connectivity index (χ0n) is 12.9. The van der Waals surface area contributed by atoms with Crippen molar-refractivity contribution >= 4 is 5.78 Å². The first kappa shape index (κ1) is 15.0. The fourth-order valence-electron chi connectivity index (χ4n) is 3.68. The quantitative estimate of drug-likeness (QED) is 0.781. The number of carbonyl (C=O) groups excluding carboxylic acids is 1. The Balaban J connectivity index is 1.80. The molecular formula is C16H30N2O. The van der Waals surface area contributed by atoms with Gasteiger partial charge in [0.2, 0.25) is 0 Å². The lowest BCUT2D eigenvalue weighted by Gasteiger charge is -2.38. The summed E-state index contributed by atoms with van der Waals surface area (Å²) < 4.78 is 0. The molecule has 1 heterocycles. The van der Waals surface area contributed by atoms with Crippen molar-refractivity contribution in [3.05, 3.63) is 0 Å². The molecule has 0 aromatic heterocycles. The Morgan fingerprint density at radius 3 is 2.58 bits per heavy atom. The van der Waals surface area contributed by atoms with E-state index in [2.05, 4.69) is 30.7 Å². The summed E-state index contributed by atoms with van der Waals surface area (Å²) in [5.74, 6) is 1.55. The largest absolute Gasteiger partial charge is 0.303 e. The average Bonchev–Trinajstić information content (AvgIpc) is 2.43. The lowest BCUT2D eigenvalue weighted by atomic mass is 9.81. The SMILES string of the molecule is CCN1CCC(N(C)CC2CC(C)CCC2=O)CC1. The number of rotatable bonds is 4. The highest BCUT2D eigenvalue weighted by atomic mass is 16.1. The van der Waals surface area contributed by atoms with E-state index in [0.29, 0.717) is 17.7 Å². The van der Waals surface area contributed by atoms with Crippen LogP contribution < -0.4 is 0 Å². The molecule has 1 saturated carbocycles. The van der Waals surface area contributed by atoms with E-state index in [-0.39, 0.29) is 0 Å². The highest BCUT2D eigenvalue weighted by Crippen LogP contribution is 2.27. The van der Waals surface area contributed by atoms with Crippen LogP contribution in [-0.2, 0) is 4.79 Å². The fraction of sp³-hybridized carbons (Fsp3) is 0.938. The first-order valence-corrected chi connectivity index (χ1v) is 8.05. The van der Waals surface area contributed by atoms with Crippen molar-refractivity contribution in [2.45, 2.75) is 52.0 Å². The van der Waals surface area contributed by atoms with E-state index in [4.69, 9.17) is 0 Å². The third kappa shape index (κ3) is 4.03. The van der Waals surface area contributed by atoms with Crippen LogP contribution in [0.1, 0.15) is 46.0 Å². The minimum absolute atomic E-state index is 0.304. The van der Waals surface area contributed by atoms with Gasteiger partial charge in [-0.25, -0.2) is 0 Å². The lowest BCUT2D eigenvalue weighted by Crippen LogP contribution is -2.46. The molecule has 0 amide bonds. The van der Waals surface area contributed by atoms with Crippen LogP contribution in [0.3, 0.4) is 0 Å². The van der Waals surface area contributed by atoms with E-state index in [1.807, 2.05) is 0 Å². The molecule has 2 unspecified atom stereocenters. The average molecular weight is 266 g/mol. The second kappa shape index (κ2) is 6.85. The van der Waals surface area contributed by atoms with Crippen molar-refractivity contribution in [2.75, 3.05) is 33.2 Å². The third-order valence-corrected chi connectivity index (χ3v) is 5.16. The van der Waals surface area contributed by atoms with E-state index >= 15 is 0 Å². The van der Waals surface area contributed by atoms with Gasteiger partial charge in [0, 0.05) is 24.9 Å². The highest BCUT2D eigenvalue weighted by molar-refractivity contribution is 5.81. The Hall–Kier alpha value is -0.410. The predicted octanol–water partition coefficient (Wildman–Crippen LogP) is 2.41. The van der Waals surface area contributed by atoms with Crippen molar-refractivity contribution in [1.29, 1.82) is 0 Å². The maximum Gasteiger partial charge on any atom is 0.137 e. The predicted molar refractivity (Wildman–Crippen MR) is 79.3 cm³/mol. The van der Waals surface area contributed by atoms with Crippen LogP contribution in [0.4, 0.5) is 0 Å². The number of nitrogens with zero attached hydrogens (tertiary/aromatic N) is 2. The third-order valence-electron chi connectivity index (χ3n) is 5.16. The van der Waals surface area contributed by atoms with Crippen molar-refractivity contribution in [3.63, 3.8) is 0 Å². The zero-order chi connectivity index (χ0) is 13.8. The molecule has 0 N–H and O–H groups in total. The van der Waals surface area contributed by atoms with Gasteiger partial charge in [0.1, 0.15) is 5.78 Å². The molecule has 3 nitrogen and oxygen atoms in total. The molecule has 2 fully saturated rings. The summed E-state index contributed by atoms with van der Waals surface area (Å²) in [7, 11) is 2.22. The minimum atomic E-state index is 0.304. The fourth-order valence-corrected chi connectivity index (χ4v) is 3.68. The molecule has 19 heavy (non-hydrogen) atoms. The molecule has 2 atom stereocenters. The summed E-state index contributed by atoms with van der Waals surface area (Å²) in [4.78, 5) is 17.0. The van der Waals surface area contributed by atoms with Gasteiger partial charge in [-0.3, -0.25) is 4.79 Å². The van der Waals surface area contributed by atoms with Gasteiger partial charge >= 0.3 is 0 Å². The topological polar surface area (TPSA) is 23.6 Å². The van der Waals surface area contributed by atoms with E-state index in [0.717, 1.165) is 31.7 Å². The molecule has 1 saturated heterocycles. The van der Waals surface area contributed by atoms with Crippen molar-refractivity contribution < 1.29 is 4.79 Å². The Labute approximate surface area is 118 Å². The van der Waals surface area contributed by atoms with Crippen molar-refractivity contribution in [3.8, 4) is 0 Å². The number of likely N-dealkylation sites (tertiary alicyclic amines) is 1. The van der Waals surface area contributed by atoms with Crippen molar-refractivity contribution in [1.82, 2.24) is 9.80 Å². The van der Waals surface area contributed by atoms with Gasteiger partial charge in [-0.1, -0.05) is 13.8 Å². The van der Waals surface area contributed by atoms with Crippen LogP contribution in [0.2, 0.25) is 0 Å². The molecule has 0 aromatic rings. The molecule has 0 radical (unpaired) electrons. The minimum Gasteiger partial charge on any atom is -0.303 e. The molecular weight excluding hydrogens is 236 g/mol. The van der Waals surface area contributed by atoms with Crippen LogP contribution in [0.25, 0.3) is 0 Å². The van der Waals surface area contributed by atoms with E-state index < -0.39 is 0 Å². The highest BCUT2D eigenvalue weighted by Gasteiger charge is 2.30. The molecule has 2 aliphatic rings. The number of ketones is 1. The number of carbonyl (C=O) groups is 1. The van der Waals surface area contributed by atoms with Gasteiger partial charge < -0.3 is 9.80 Å². The Bertz CT molecular complexity index is 297. The molecule has 3 heteroatoms. The molecule has 2 rings (SSSR count). The Kier molecular flexibility index (Phi) is 5.40. The van der Waals surface area contributed by atoms with Gasteiger partial charge in [0.05, 0.1) is 0 Å². The monoisotopic (exact) mass is 266 g/mol. The van der Waals surface area contributed by atoms with E-state index in [9.17, 15) is 4.79 Å². The summed E-state index contributed by atoms with van der Waals surface area (Å²) in [5.41, 5.74) is 0. The first-order valence-electron chi connectivity index (χ1n) is 8.05. The van der Waals surface area contributed by atoms with E-state index in [1.54, 1.807) is 0 Å². The molecule has 0 spiro atoms. The second-order valence-corrected chi connectivity index (χ2v) is 6.65. The standard InChI is InChI=1S/C16H30N2O/c1-4-18-9-7-15(8-10-18)17(3)12-14-11-13(2)5-6-16(14)19/h13-15H,4-12H2,1-3H3. The maximum atomic E-state index is 12.0. The summed E-state index contributed by atoms with van der Waals surface area (Å²) >= 11 is 0. The maximum absolute atomic E-state index is 12.0. The van der Waals surface area contributed by atoms with Gasteiger partial charge in [0.15, 0.2) is 0 Å². The lowest BCUT2D eigenvalue weighted by molar-refractivity contribution is -0.126. The summed E-state index contributed by atoms with van der Waals surface area (Å²) in [6, 6.07) is 0.688. The molecule has 1 aliphatic carbocycles. The molecule has 0 aromatic carbocycles.